The van der Waals surface area contributed by atoms with Crippen molar-refractivity contribution in [2.24, 2.45) is 11.8 Å². The van der Waals surface area contributed by atoms with E-state index < -0.39 is 29.8 Å². The molecule has 3 fully saturated rings. The molecule has 6 rings (SSSR count). The third kappa shape index (κ3) is 8.03. The summed E-state index contributed by atoms with van der Waals surface area (Å²) in [6.07, 6.45) is -2.07. The number of nitrogens with one attached hydrogen (secondary N) is 3. The summed E-state index contributed by atoms with van der Waals surface area (Å²) in [6.45, 7) is 4.07. The predicted octanol–water partition coefficient (Wildman–Crippen LogP) is 6.20. The third-order valence-electron chi connectivity index (χ3n) is 10.6. The molecule has 0 spiro atoms. The van der Waals surface area contributed by atoms with Crippen LogP contribution in [0.25, 0.3) is 0 Å². The Labute approximate surface area is 289 Å². The Morgan fingerprint density at radius 1 is 0.980 bits per heavy atom. The van der Waals surface area contributed by atoms with Crippen LogP contribution in [0.5, 0.6) is 0 Å². The molecule has 266 valence electrons. The standard InChI is InChI=1S/C35H44ClF3N6O4/c1-40-31-27(35(37,38)39)18-22(19-28(31)36)20-30(32(46)43-14-8-24(9-15-43)23-6-12-41-13-7-23)49-34(48)44-16-10-26(11-17-44)45-21-25-4-2-3-5-29(25)42-33(45)47/h2-5,18-19,23-24,26,30,40-41H,6-17,20-21H2,1H3,(H,42,47)/t30-/m1/s1. The lowest BCUT2D eigenvalue weighted by molar-refractivity contribution is -0.142. The Hall–Kier alpha value is -3.71. The van der Waals surface area contributed by atoms with Gasteiger partial charge in [0.15, 0.2) is 6.10 Å². The van der Waals surface area contributed by atoms with Crippen LogP contribution in [0.1, 0.15) is 55.2 Å². The summed E-state index contributed by atoms with van der Waals surface area (Å²) in [5.41, 5.74) is 0.736. The second kappa shape index (κ2) is 15.0. The largest absolute Gasteiger partial charge is 0.436 e. The number of urea groups is 1. The molecule has 0 aliphatic carbocycles. The van der Waals surface area contributed by atoms with Gasteiger partial charge in [0.25, 0.3) is 5.91 Å². The monoisotopic (exact) mass is 704 g/mol. The van der Waals surface area contributed by atoms with E-state index in [1.807, 2.05) is 24.3 Å². The predicted molar refractivity (Wildman–Crippen MR) is 180 cm³/mol. The first-order valence-corrected chi connectivity index (χ1v) is 17.6. The quantitative estimate of drug-likeness (QED) is 0.317. The van der Waals surface area contributed by atoms with Crippen LogP contribution in [0.15, 0.2) is 36.4 Å². The molecule has 4 heterocycles. The molecule has 3 N–H and O–H groups in total. The van der Waals surface area contributed by atoms with Gasteiger partial charge in [0.1, 0.15) is 0 Å². The van der Waals surface area contributed by atoms with Crippen molar-refractivity contribution in [1.82, 2.24) is 20.0 Å². The van der Waals surface area contributed by atoms with Crippen LogP contribution in [0, 0.1) is 11.8 Å². The minimum Gasteiger partial charge on any atom is -0.436 e. The molecule has 4 amide bonds. The van der Waals surface area contributed by atoms with E-state index in [2.05, 4.69) is 16.0 Å². The number of hydrogen-bond acceptors (Lipinski definition) is 6. The Bertz CT molecular complexity index is 1520. The summed E-state index contributed by atoms with van der Waals surface area (Å²) in [5, 5.41) is 8.70. The van der Waals surface area contributed by atoms with Gasteiger partial charge in [-0.25, -0.2) is 9.59 Å². The number of para-hydroxylation sites is 1. The highest BCUT2D eigenvalue weighted by Crippen LogP contribution is 2.40. The molecule has 0 aromatic heterocycles. The number of carbonyl (C=O) groups is 3. The number of fused-ring (bicyclic) bond motifs is 1. The molecule has 0 bridgehead atoms. The fourth-order valence-electron chi connectivity index (χ4n) is 7.84. The van der Waals surface area contributed by atoms with Gasteiger partial charge in [0.05, 0.1) is 16.3 Å². The van der Waals surface area contributed by atoms with E-state index in [-0.39, 0.29) is 34.8 Å². The topological polar surface area (TPSA) is 106 Å². The van der Waals surface area contributed by atoms with Crippen LogP contribution in [-0.2, 0) is 28.7 Å². The number of halogens is 4. The van der Waals surface area contributed by atoms with Gasteiger partial charge in [0.2, 0.25) is 0 Å². The zero-order valence-electron chi connectivity index (χ0n) is 27.7. The van der Waals surface area contributed by atoms with Gasteiger partial charge in [-0.05, 0) is 92.8 Å². The van der Waals surface area contributed by atoms with Crippen LogP contribution in [-0.4, -0.2) is 91.2 Å². The van der Waals surface area contributed by atoms with E-state index in [1.54, 1.807) is 9.80 Å². The SMILES string of the molecule is CNc1c(Cl)cc(C[C@@H](OC(=O)N2CCC(N3Cc4ccccc4NC3=O)CC2)C(=O)N2CCC(C3CCNCC3)CC2)cc1C(F)(F)F. The number of rotatable bonds is 7. The maximum atomic E-state index is 14.0. The highest BCUT2D eigenvalue weighted by Gasteiger charge is 2.39. The van der Waals surface area contributed by atoms with Crippen molar-refractivity contribution in [3.63, 3.8) is 0 Å². The number of likely N-dealkylation sites (tertiary alicyclic amines) is 2. The number of piperidine rings is 3. The molecule has 0 radical (unpaired) electrons. The van der Waals surface area contributed by atoms with Gasteiger partial charge in [0, 0.05) is 57.9 Å². The molecule has 0 unspecified atom stereocenters. The number of nitrogens with zero attached hydrogens (tertiary/aromatic N) is 3. The number of amides is 4. The molecule has 1 atom stereocenters. The average Bonchev–Trinajstić information content (AvgIpc) is 3.10. The fourth-order valence-corrected chi connectivity index (χ4v) is 8.17. The second-order valence-corrected chi connectivity index (χ2v) is 13.9. The van der Waals surface area contributed by atoms with E-state index in [4.69, 9.17) is 16.3 Å². The average molecular weight is 705 g/mol. The minimum absolute atomic E-state index is 0.0929. The molecule has 10 nitrogen and oxygen atoms in total. The molecule has 3 saturated heterocycles. The van der Waals surface area contributed by atoms with Crippen molar-refractivity contribution in [2.45, 2.75) is 69.8 Å². The molecular formula is C35H44ClF3N6O4. The van der Waals surface area contributed by atoms with Gasteiger partial charge in [-0.2, -0.15) is 13.2 Å². The molecule has 2 aromatic carbocycles. The minimum atomic E-state index is -4.69. The number of anilines is 2. The Balaban J connectivity index is 1.14. The molecule has 0 saturated carbocycles. The summed E-state index contributed by atoms with van der Waals surface area (Å²) in [5.74, 6) is 0.693. The summed E-state index contributed by atoms with van der Waals surface area (Å²) in [7, 11) is 1.36. The number of benzene rings is 2. The maximum Gasteiger partial charge on any atom is 0.418 e. The Morgan fingerprint density at radius 2 is 1.63 bits per heavy atom. The van der Waals surface area contributed by atoms with Gasteiger partial charge < -0.3 is 35.4 Å². The normalized spacial score (nSPS) is 20.4. The van der Waals surface area contributed by atoms with E-state index in [9.17, 15) is 27.6 Å². The fraction of sp³-hybridized carbons (Fsp3) is 0.571. The smallest absolute Gasteiger partial charge is 0.418 e. The third-order valence-corrected chi connectivity index (χ3v) is 10.9. The molecule has 4 aliphatic heterocycles. The molecule has 2 aromatic rings. The van der Waals surface area contributed by atoms with Crippen LogP contribution < -0.4 is 16.0 Å². The van der Waals surface area contributed by atoms with Crippen molar-refractivity contribution in [2.75, 3.05) is 56.9 Å². The number of alkyl halides is 3. The van der Waals surface area contributed by atoms with Crippen LogP contribution in [0.3, 0.4) is 0 Å². The first-order chi connectivity index (χ1) is 23.5. The molecule has 14 heteroatoms. The Kier molecular flexibility index (Phi) is 10.8. The van der Waals surface area contributed by atoms with Gasteiger partial charge in [-0.3, -0.25) is 4.79 Å². The Morgan fingerprint density at radius 3 is 2.31 bits per heavy atom. The summed E-state index contributed by atoms with van der Waals surface area (Å²) in [6, 6.07) is 9.70. The number of hydrogen-bond donors (Lipinski definition) is 3. The van der Waals surface area contributed by atoms with Gasteiger partial charge >= 0.3 is 18.3 Å². The lowest BCUT2D eigenvalue weighted by atomic mass is 9.79. The van der Waals surface area contributed by atoms with Crippen molar-refractivity contribution in [3.8, 4) is 0 Å². The zero-order chi connectivity index (χ0) is 34.7. The van der Waals surface area contributed by atoms with Crippen LogP contribution >= 0.6 is 11.6 Å². The highest BCUT2D eigenvalue weighted by atomic mass is 35.5. The summed E-state index contributed by atoms with van der Waals surface area (Å²) in [4.78, 5) is 45.4. The van der Waals surface area contributed by atoms with E-state index in [0.29, 0.717) is 57.4 Å². The van der Waals surface area contributed by atoms with Crippen molar-refractivity contribution in [3.05, 3.63) is 58.1 Å². The van der Waals surface area contributed by atoms with Crippen molar-refractivity contribution >= 4 is 41.0 Å². The second-order valence-electron chi connectivity index (χ2n) is 13.5. The first kappa shape index (κ1) is 35.1. The molecule has 4 aliphatic rings. The molecule has 49 heavy (non-hydrogen) atoms. The van der Waals surface area contributed by atoms with Gasteiger partial charge in [-0.1, -0.05) is 29.8 Å². The zero-order valence-corrected chi connectivity index (χ0v) is 28.4. The van der Waals surface area contributed by atoms with Gasteiger partial charge in [-0.15, -0.1) is 0 Å². The summed E-state index contributed by atoms with van der Waals surface area (Å²) >= 11 is 6.28. The lowest BCUT2D eigenvalue weighted by Crippen LogP contribution is -2.52. The summed E-state index contributed by atoms with van der Waals surface area (Å²) < 4.78 is 47.8. The van der Waals surface area contributed by atoms with Crippen molar-refractivity contribution < 1.29 is 32.3 Å². The first-order valence-electron chi connectivity index (χ1n) is 17.2. The maximum absolute atomic E-state index is 14.0. The highest BCUT2D eigenvalue weighted by molar-refractivity contribution is 6.33. The number of ether oxygens (including phenoxy) is 1. The van der Waals surface area contributed by atoms with E-state index in [0.717, 1.165) is 56.1 Å². The van der Waals surface area contributed by atoms with Crippen LogP contribution in [0.4, 0.5) is 34.1 Å². The number of carbonyl (C=O) groups excluding carboxylic acids is 3. The van der Waals surface area contributed by atoms with E-state index >= 15 is 0 Å². The van der Waals surface area contributed by atoms with Crippen molar-refractivity contribution in [1.29, 1.82) is 0 Å². The van der Waals surface area contributed by atoms with E-state index in [1.165, 1.54) is 18.0 Å². The molecular weight excluding hydrogens is 661 g/mol. The lowest BCUT2D eigenvalue weighted by Gasteiger charge is -2.41. The van der Waals surface area contributed by atoms with Crippen LogP contribution in [0.2, 0.25) is 5.02 Å².